The Balaban J connectivity index is 2.15. The first-order chi connectivity index (χ1) is 9.25. The number of rotatable bonds is 2. The molecule has 0 atom stereocenters. The number of hydrogen-bond donors (Lipinski definition) is 1. The number of para-hydroxylation sites is 1. The van der Waals surface area contributed by atoms with Gasteiger partial charge in [-0.25, -0.2) is 4.68 Å². The maximum Gasteiger partial charge on any atom is 0.250 e. The molecule has 2 heterocycles. The van der Waals surface area contributed by atoms with Crippen LogP contribution in [0.1, 0.15) is 5.56 Å². The van der Waals surface area contributed by atoms with E-state index >= 15 is 0 Å². The highest BCUT2D eigenvalue weighted by atomic mass is 16.1. The molecule has 94 valence electrons. The molecule has 1 aromatic carbocycles. The molecule has 19 heavy (non-hydrogen) atoms. The average Bonchev–Trinajstić information content (AvgIpc) is 2.92. The minimum Gasteiger partial charge on any atom is -0.328 e. The van der Waals surface area contributed by atoms with Gasteiger partial charge in [0.25, 0.3) is 5.56 Å². The van der Waals surface area contributed by atoms with Gasteiger partial charge in [-0.15, -0.1) is 0 Å². The molecule has 0 saturated heterocycles. The summed E-state index contributed by atoms with van der Waals surface area (Å²) in [6.45, 7) is 1.80. The van der Waals surface area contributed by atoms with Crippen molar-refractivity contribution < 1.29 is 0 Å². The summed E-state index contributed by atoms with van der Waals surface area (Å²) >= 11 is 0. The van der Waals surface area contributed by atoms with Crippen LogP contribution in [0.4, 0.5) is 0 Å². The second-order valence-corrected chi connectivity index (χ2v) is 4.36. The minimum absolute atomic E-state index is 0.0606. The number of aromatic nitrogens is 3. The van der Waals surface area contributed by atoms with Gasteiger partial charge in [0.15, 0.2) is 0 Å². The van der Waals surface area contributed by atoms with E-state index < -0.39 is 0 Å². The fraction of sp³-hybridized carbons (Fsp3) is 0.0667. The van der Waals surface area contributed by atoms with E-state index in [1.165, 1.54) is 0 Å². The molecule has 4 nitrogen and oxygen atoms in total. The Morgan fingerprint density at radius 3 is 2.68 bits per heavy atom. The Bertz CT molecular complexity index is 756. The lowest BCUT2D eigenvalue weighted by Crippen LogP contribution is -2.09. The zero-order valence-electron chi connectivity index (χ0n) is 10.5. The van der Waals surface area contributed by atoms with Crippen LogP contribution in [0.5, 0.6) is 0 Å². The van der Waals surface area contributed by atoms with E-state index in [2.05, 4.69) is 10.1 Å². The molecule has 2 aromatic heterocycles. The van der Waals surface area contributed by atoms with Crippen LogP contribution in [0.2, 0.25) is 0 Å². The number of pyridine rings is 1. The molecule has 0 saturated carbocycles. The fourth-order valence-electron chi connectivity index (χ4n) is 2.04. The number of aryl methyl sites for hydroxylation is 1. The van der Waals surface area contributed by atoms with E-state index in [0.717, 1.165) is 16.9 Å². The lowest BCUT2D eigenvalue weighted by Gasteiger charge is -2.07. The number of nitrogens with zero attached hydrogens (tertiary/aromatic N) is 2. The maximum absolute atomic E-state index is 11.4. The summed E-state index contributed by atoms with van der Waals surface area (Å²) < 4.78 is 1.85. The summed E-state index contributed by atoms with van der Waals surface area (Å²) in [6, 6.07) is 13.7. The second kappa shape index (κ2) is 4.57. The standard InChI is InChI=1S/C15H13N3O/c1-11-9-12(10-16-15(11)19)14-7-8-17-18(14)13-5-3-2-4-6-13/h2-10H,1H3,(H,16,19). The van der Waals surface area contributed by atoms with Crippen molar-refractivity contribution in [3.63, 3.8) is 0 Å². The lowest BCUT2D eigenvalue weighted by molar-refractivity contribution is 0.887. The molecule has 0 aliphatic heterocycles. The quantitative estimate of drug-likeness (QED) is 0.761. The predicted molar refractivity (Wildman–Crippen MR) is 74.4 cm³/mol. The van der Waals surface area contributed by atoms with Crippen LogP contribution < -0.4 is 5.56 Å². The Labute approximate surface area is 110 Å². The van der Waals surface area contributed by atoms with Gasteiger partial charge in [-0.2, -0.15) is 5.10 Å². The van der Waals surface area contributed by atoms with Gasteiger partial charge < -0.3 is 4.98 Å². The SMILES string of the molecule is Cc1cc(-c2ccnn2-c2ccccc2)c[nH]c1=O. The molecule has 0 amide bonds. The Kier molecular flexibility index (Phi) is 2.76. The van der Waals surface area contributed by atoms with Crippen molar-refractivity contribution in [3.05, 3.63) is 70.8 Å². The lowest BCUT2D eigenvalue weighted by atomic mass is 10.1. The third kappa shape index (κ3) is 2.08. The van der Waals surface area contributed by atoms with E-state index in [1.54, 1.807) is 19.3 Å². The zero-order valence-corrected chi connectivity index (χ0v) is 10.5. The molecule has 0 radical (unpaired) electrons. The minimum atomic E-state index is -0.0606. The maximum atomic E-state index is 11.4. The van der Waals surface area contributed by atoms with Gasteiger partial charge in [0.1, 0.15) is 0 Å². The summed E-state index contributed by atoms with van der Waals surface area (Å²) in [5, 5.41) is 4.34. The first kappa shape index (κ1) is 11.5. The molecule has 4 heteroatoms. The van der Waals surface area contributed by atoms with Gasteiger partial charge in [0, 0.05) is 17.3 Å². The van der Waals surface area contributed by atoms with E-state index in [1.807, 2.05) is 47.1 Å². The van der Waals surface area contributed by atoms with Gasteiger partial charge in [0.05, 0.1) is 17.6 Å². The molecule has 0 spiro atoms. The van der Waals surface area contributed by atoms with Crippen molar-refractivity contribution in [2.24, 2.45) is 0 Å². The predicted octanol–water partition coefficient (Wildman–Crippen LogP) is 2.54. The second-order valence-electron chi connectivity index (χ2n) is 4.36. The van der Waals surface area contributed by atoms with Crippen molar-refractivity contribution >= 4 is 0 Å². The molecular weight excluding hydrogens is 238 g/mol. The molecule has 3 aromatic rings. The Hall–Kier alpha value is -2.62. The smallest absolute Gasteiger partial charge is 0.250 e. The molecule has 0 bridgehead atoms. The highest BCUT2D eigenvalue weighted by molar-refractivity contribution is 5.61. The molecule has 0 aliphatic carbocycles. The third-order valence-electron chi connectivity index (χ3n) is 3.03. The monoisotopic (exact) mass is 251 g/mol. The largest absolute Gasteiger partial charge is 0.328 e. The van der Waals surface area contributed by atoms with Crippen molar-refractivity contribution in [2.75, 3.05) is 0 Å². The van der Waals surface area contributed by atoms with E-state index in [4.69, 9.17) is 0 Å². The van der Waals surface area contributed by atoms with Crippen LogP contribution in [0, 0.1) is 6.92 Å². The number of nitrogens with one attached hydrogen (secondary N) is 1. The molecule has 3 rings (SSSR count). The Morgan fingerprint density at radius 1 is 1.16 bits per heavy atom. The molecule has 0 aliphatic rings. The van der Waals surface area contributed by atoms with Crippen LogP contribution in [0.25, 0.3) is 16.9 Å². The number of H-pyrrole nitrogens is 1. The Morgan fingerprint density at radius 2 is 1.95 bits per heavy atom. The van der Waals surface area contributed by atoms with Gasteiger partial charge in [-0.1, -0.05) is 18.2 Å². The first-order valence-electron chi connectivity index (χ1n) is 6.05. The van der Waals surface area contributed by atoms with Crippen LogP contribution in [0.3, 0.4) is 0 Å². The van der Waals surface area contributed by atoms with Crippen molar-refractivity contribution in [3.8, 4) is 16.9 Å². The summed E-state index contributed by atoms with van der Waals surface area (Å²) in [4.78, 5) is 14.2. The highest BCUT2D eigenvalue weighted by Gasteiger charge is 2.08. The van der Waals surface area contributed by atoms with Gasteiger partial charge >= 0.3 is 0 Å². The van der Waals surface area contributed by atoms with Crippen LogP contribution in [0.15, 0.2) is 59.7 Å². The first-order valence-corrected chi connectivity index (χ1v) is 6.05. The van der Waals surface area contributed by atoms with Gasteiger partial charge in [0.2, 0.25) is 0 Å². The van der Waals surface area contributed by atoms with Gasteiger partial charge in [-0.05, 0) is 31.2 Å². The summed E-state index contributed by atoms with van der Waals surface area (Å²) in [5.74, 6) is 0. The summed E-state index contributed by atoms with van der Waals surface area (Å²) in [7, 11) is 0. The van der Waals surface area contributed by atoms with Crippen LogP contribution in [-0.4, -0.2) is 14.8 Å². The number of aromatic amines is 1. The molecule has 1 N–H and O–H groups in total. The van der Waals surface area contributed by atoms with E-state index in [-0.39, 0.29) is 5.56 Å². The normalized spacial score (nSPS) is 10.6. The van der Waals surface area contributed by atoms with Gasteiger partial charge in [-0.3, -0.25) is 4.79 Å². The van der Waals surface area contributed by atoms with Crippen LogP contribution >= 0.6 is 0 Å². The molecule has 0 fully saturated rings. The number of benzene rings is 1. The fourth-order valence-corrected chi connectivity index (χ4v) is 2.04. The topological polar surface area (TPSA) is 50.7 Å². The highest BCUT2D eigenvalue weighted by Crippen LogP contribution is 2.21. The third-order valence-corrected chi connectivity index (χ3v) is 3.03. The summed E-state index contributed by atoms with van der Waals surface area (Å²) in [6.07, 6.45) is 3.47. The molecular formula is C15H13N3O. The van der Waals surface area contributed by atoms with Crippen molar-refractivity contribution in [1.29, 1.82) is 0 Å². The zero-order chi connectivity index (χ0) is 13.2. The van der Waals surface area contributed by atoms with E-state index in [0.29, 0.717) is 5.56 Å². The number of hydrogen-bond acceptors (Lipinski definition) is 2. The van der Waals surface area contributed by atoms with E-state index in [9.17, 15) is 4.79 Å². The van der Waals surface area contributed by atoms with Crippen LogP contribution in [-0.2, 0) is 0 Å². The average molecular weight is 251 g/mol. The summed E-state index contributed by atoms with van der Waals surface area (Å²) in [5.41, 5.74) is 3.52. The van der Waals surface area contributed by atoms with Crippen molar-refractivity contribution in [2.45, 2.75) is 6.92 Å². The van der Waals surface area contributed by atoms with Crippen molar-refractivity contribution in [1.82, 2.24) is 14.8 Å². The molecule has 0 unspecified atom stereocenters.